The van der Waals surface area contributed by atoms with Gasteiger partial charge in [0.05, 0.1) is 4.92 Å². The van der Waals surface area contributed by atoms with E-state index in [1.165, 1.54) is 24.3 Å². The molecule has 0 saturated heterocycles. The van der Waals surface area contributed by atoms with Crippen molar-refractivity contribution in [1.29, 1.82) is 0 Å². The zero-order chi connectivity index (χ0) is 17.1. The summed E-state index contributed by atoms with van der Waals surface area (Å²) in [4.78, 5) is 22.6. The van der Waals surface area contributed by atoms with Crippen LogP contribution in [0.5, 0.6) is 0 Å². The van der Waals surface area contributed by atoms with E-state index in [1.54, 1.807) is 0 Å². The molecule has 0 heterocycles. The molecule has 1 aromatic rings. The average molecular weight is 369 g/mol. The average Bonchev–Trinajstić information content (AvgIpc) is 2.35. The van der Waals surface area contributed by atoms with E-state index in [0.29, 0.717) is 0 Å². The molecule has 0 fully saturated rings. The number of nitro benzene ring substituents is 1. The highest BCUT2D eigenvalue weighted by Crippen LogP contribution is 2.30. The molecule has 0 radical (unpaired) electrons. The number of carbonyl (C=O) groups is 1. The number of hydrogen-bond acceptors (Lipinski definition) is 4. The Morgan fingerprint density at radius 3 is 2.23 bits per heavy atom. The topological polar surface area (TPSA) is 84.3 Å². The molecule has 1 amide bonds. The molecule has 1 aromatic carbocycles. The molecule has 0 bridgehead atoms. The van der Waals surface area contributed by atoms with Crippen molar-refractivity contribution in [2.24, 2.45) is 0 Å². The molecule has 1 atom stereocenters. The van der Waals surface area contributed by atoms with Crippen LogP contribution in [0.1, 0.15) is 31.1 Å². The van der Waals surface area contributed by atoms with Crippen LogP contribution in [0, 0.1) is 10.1 Å². The van der Waals surface area contributed by atoms with Crippen molar-refractivity contribution < 1.29 is 9.72 Å². The van der Waals surface area contributed by atoms with E-state index in [9.17, 15) is 14.9 Å². The van der Waals surface area contributed by atoms with E-state index in [0.717, 1.165) is 0 Å². The molecule has 0 unspecified atom stereocenters. The Kier molecular flexibility index (Phi) is 6.03. The van der Waals surface area contributed by atoms with Crippen LogP contribution >= 0.6 is 34.8 Å². The highest BCUT2D eigenvalue weighted by molar-refractivity contribution is 6.68. The van der Waals surface area contributed by atoms with Crippen LogP contribution in [0.4, 0.5) is 5.69 Å². The number of nitro groups is 1. The maximum absolute atomic E-state index is 12.3. The van der Waals surface area contributed by atoms with E-state index >= 15 is 0 Å². The number of alkyl halides is 3. The first-order chi connectivity index (χ1) is 9.92. The third-order valence-electron chi connectivity index (χ3n) is 2.53. The van der Waals surface area contributed by atoms with Crippen LogP contribution in [-0.4, -0.2) is 26.3 Å². The summed E-state index contributed by atoms with van der Waals surface area (Å²) in [6.45, 7) is 5.48. The van der Waals surface area contributed by atoms with Gasteiger partial charge in [-0.05, 0) is 26.8 Å². The highest BCUT2D eigenvalue weighted by atomic mass is 35.6. The van der Waals surface area contributed by atoms with Gasteiger partial charge < -0.3 is 5.32 Å². The zero-order valence-electron chi connectivity index (χ0n) is 12.2. The van der Waals surface area contributed by atoms with E-state index in [-0.39, 0.29) is 11.3 Å². The fourth-order valence-electron chi connectivity index (χ4n) is 1.67. The van der Waals surface area contributed by atoms with Crippen molar-refractivity contribution in [3.63, 3.8) is 0 Å². The van der Waals surface area contributed by atoms with Gasteiger partial charge in [0.25, 0.3) is 11.6 Å². The van der Waals surface area contributed by atoms with Crippen LogP contribution in [0.15, 0.2) is 24.3 Å². The summed E-state index contributed by atoms with van der Waals surface area (Å²) >= 11 is 17.6. The maximum atomic E-state index is 12.3. The van der Waals surface area contributed by atoms with Gasteiger partial charge in [-0.3, -0.25) is 20.2 Å². The number of nitrogens with zero attached hydrogens (tertiary/aromatic N) is 1. The Hall–Kier alpha value is -1.08. The summed E-state index contributed by atoms with van der Waals surface area (Å²) in [5, 5.41) is 16.4. The molecule has 6 nitrogen and oxygen atoms in total. The fraction of sp³-hybridized carbons (Fsp3) is 0.462. The number of nitrogens with one attached hydrogen (secondary N) is 2. The molecule has 122 valence electrons. The summed E-state index contributed by atoms with van der Waals surface area (Å²) < 4.78 is -1.83. The van der Waals surface area contributed by atoms with Gasteiger partial charge >= 0.3 is 0 Å². The molecule has 0 aliphatic heterocycles. The van der Waals surface area contributed by atoms with E-state index in [2.05, 4.69) is 10.6 Å². The quantitative estimate of drug-likeness (QED) is 0.369. The first kappa shape index (κ1) is 19.0. The Morgan fingerprint density at radius 2 is 1.77 bits per heavy atom. The van der Waals surface area contributed by atoms with Crippen molar-refractivity contribution >= 4 is 46.4 Å². The minimum atomic E-state index is -1.83. The fourth-order valence-corrected chi connectivity index (χ4v) is 1.99. The molecule has 2 N–H and O–H groups in total. The number of carbonyl (C=O) groups excluding carboxylic acids is 1. The van der Waals surface area contributed by atoms with Crippen molar-refractivity contribution in [3.05, 3.63) is 39.9 Å². The van der Waals surface area contributed by atoms with Gasteiger partial charge in [0.1, 0.15) is 11.7 Å². The van der Waals surface area contributed by atoms with Crippen molar-refractivity contribution in [3.8, 4) is 0 Å². The number of para-hydroxylation sites is 1. The molecule has 0 aliphatic rings. The monoisotopic (exact) mass is 367 g/mol. The third kappa shape index (κ3) is 5.61. The minimum Gasteiger partial charge on any atom is -0.332 e. The van der Waals surface area contributed by atoms with E-state index in [1.807, 2.05) is 20.8 Å². The third-order valence-corrected chi connectivity index (χ3v) is 3.18. The number of hydrogen-bond donors (Lipinski definition) is 2. The zero-order valence-corrected chi connectivity index (χ0v) is 14.5. The lowest BCUT2D eigenvalue weighted by Gasteiger charge is -2.33. The second-order valence-electron chi connectivity index (χ2n) is 5.62. The second kappa shape index (κ2) is 7.00. The van der Waals surface area contributed by atoms with Gasteiger partial charge in [-0.2, -0.15) is 0 Å². The van der Waals surface area contributed by atoms with Crippen molar-refractivity contribution in [1.82, 2.24) is 10.6 Å². The maximum Gasteiger partial charge on any atom is 0.282 e. The summed E-state index contributed by atoms with van der Waals surface area (Å²) in [6, 6.07) is 5.55. The molecule has 22 heavy (non-hydrogen) atoms. The normalized spacial score (nSPS) is 13.5. The molecule has 0 saturated carbocycles. The van der Waals surface area contributed by atoms with Gasteiger partial charge in [0.15, 0.2) is 0 Å². The number of amides is 1. The van der Waals surface area contributed by atoms with Crippen molar-refractivity contribution in [2.75, 3.05) is 0 Å². The predicted octanol–water partition coefficient (Wildman–Crippen LogP) is 3.41. The Balaban J connectivity index is 3.05. The van der Waals surface area contributed by atoms with E-state index in [4.69, 9.17) is 34.8 Å². The Morgan fingerprint density at radius 1 is 1.23 bits per heavy atom. The first-order valence-electron chi connectivity index (χ1n) is 6.30. The first-order valence-corrected chi connectivity index (χ1v) is 7.44. The summed E-state index contributed by atoms with van der Waals surface area (Å²) in [7, 11) is 0. The van der Waals surface area contributed by atoms with Crippen LogP contribution in [-0.2, 0) is 0 Å². The molecule has 1 rings (SSSR count). The van der Waals surface area contributed by atoms with Gasteiger partial charge in [0, 0.05) is 11.6 Å². The molecule has 0 aliphatic carbocycles. The summed E-state index contributed by atoms with van der Waals surface area (Å²) in [5.41, 5.74) is -0.883. The molecule has 9 heteroatoms. The summed E-state index contributed by atoms with van der Waals surface area (Å²) in [5.74, 6) is -0.708. The number of benzene rings is 1. The van der Waals surface area contributed by atoms with Crippen LogP contribution in [0.25, 0.3) is 0 Å². The van der Waals surface area contributed by atoms with Crippen LogP contribution in [0.3, 0.4) is 0 Å². The lowest BCUT2D eigenvalue weighted by Crippen LogP contribution is -2.58. The molecular formula is C13H16Cl3N3O3. The Bertz CT molecular complexity index is 568. The highest BCUT2D eigenvalue weighted by Gasteiger charge is 2.37. The van der Waals surface area contributed by atoms with Crippen molar-refractivity contribution in [2.45, 2.75) is 36.3 Å². The smallest absolute Gasteiger partial charge is 0.282 e. The molecule has 0 aromatic heterocycles. The molecular weight excluding hydrogens is 353 g/mol. The lowest BCUT2D eigenvalue weighted by molar-refractivity contribution is -0.385. The largest absolute Gasteiger partial charge is 0.332 e. The number of rotatable bonds is 4. The van der Waals surface area contributed by atoms with Crippen LogP contribution < -0.4 is 10.6 Å². The summed E-state index contributed by atoms with van der Waals surface area (Å²) in [6.07, 6.45) is -1.02. The lowest BCUT2D eigenvalue weighted by atomic mass is 10.1. The SMILES string of the molecule is CC(C)(C)N[C@@H](NC(=O)c1ccccc1[N+](=O)[O-])C(Cl)(Cl)Cl. The standard InChI is InChI=1S/C13H16Cl3N3O3/c1-12(2,3)18-11(13(14,15)16)17-10(20)8-6-4-5-7-9(8)19(21)22/h4-7,11,18H,1-3H3,(H,17,20)/t11-/m1/s1. The van der Waals surface area contributed by atoms with Gasteiger partial charge in [-0.1, -0.05) is 46.9 Å². The van der Waals surface area contributed by atoms with Gasteiger partial charge in [-0.15, -0.1) is 0 Å². The van der Waals surface area contributed by atoms with Gasteiger partial charge in [0.2, 0.25) is 3.79 Å². The molecule has 0 spiro atoms. The Labute approximate surface area is 143 Å². The van der Waals surface area contributed by atoms with E-state index < -0.39 is 26.3 Å². The number of halogens is 3. The predicted molar refractivity (Wildman–Crippen MR) is 87.5 cm³/mol. The van der Waals surface area contributed by atoms with Gasteiger partial charge in [-0.25, -0.2) is 0 Å². The van der Waals surface area contributed by atoms with Crippen LogP contribution in [0.2, 0.25) is 0 Å². The minimum absolute atomic E-state index is 0.109. The second-order valence-corrected chi connectivity index (χ2v) is 7.99.